The van der Waals surface area contributed by atoms with E-state index in [-0.39, 0.29) is 34.8 Å². The van der Waals surface area contributed by atoms with E-state index in [2.05, 4.69) is 44.9 Å². The highest BCUT2D eigenvalue weighted by molar-refractivity contribution is 7.90. The Balaban J connectivity index is 1.34. The average molecular weight is 777 g/mol. The molecule has 53 heavy (non-hydrogen) atoms. The Hall–Kier alpha value is -3.27. The molecule has 2 atom stereocenters. The number of halogens is 1. The number of urea groups is 2. The van der Waals surface area contributed by atoms with Gasteiger partial charge in [0.25, 0.3) is 0 Å². The first-order valence-electron chi connectivity index (χ1n) is 18.8. The van der Waals surface area contributed by atoms with Crippen molar-refractivity contribution in [2.45, 2.75) is 109 Å². The van der Waals surface area contributed by atoms with Gasteiger partial charge in [0.05, 0.1) is 11.5 Å². The van der Waals surface area contributed by atoms with Crippen molar-refractivity contribution >= 4 is 43.5 Å². The molecule has 1 aliphatic heterocycles. The molecule has 2 aliphatic carbocycles. The summed E-state index contributed by atoms with van der Waals surface area (Å²) in [5.41, 5.74) is 6.48. The number of benzene rings is 2. The third kappa shape index (κ3) is 10.1. The molecule has 2 aromatic rings. The third-order valence-electron chi connectivity index (χ3n) is 11.2. The maximum Gasteiger partial charge on any atom is 0.332 e. The third-order valence-corrected chi connectivity index (χ3v) is 13.7. The van der Waals surface area contributed by atoms with E-state index in [1.807, 2.05) is 39.8 Å². The van der Waals surface area contributed by atoms with Gasteiger partial charge in [0.2, 0.25) is 20.0 Å². The summed E-state index contributed by atoms with van der Waals surface area (Å²) >= 11 is 0. The van der Waals surface area contributed by atoms with Crippen LogP contribution < -0.4 is 20.1 Å². The molecule has 5 rings (SSSR count). The molecule has 0 spiro atoms. The maximum absolute atomic E-state index is 15.2. The van der Waals surface area contributed by atoms with Crippen molar-refractivity contribution in [3.8, 4) is 0 Å². The number of nitrogens with zero attached hydrogens (tertiary/aromatic N) is 2. The molecule has 2 unspecified atom stereocenters. The van der Waals surface area contributed by atoms with E-state index in [1.165, 1.54) is 12.1 Å². The number of hydrogen-bond acceptors (Lipinski definition) is 8. The number of aryl methyl sites for hydroxylation is 1. The van der Waals surface area contributed by atoms with Crippen molar-refractivity contribution in [3.05, 3.63) is 57.4 Å². The quantitative estimate of drug-likeness (QED) is 0.172. The average Bonchev–Trinajstić information content (AvgIpc) is 3.67. The van der Waals surface area contributed by atoms with E-state index < -0.39 is 37.9 Å². The van der Waals surface area contributed by atoms with Crippen molar-refractivity contribution in [1.82, 2.24) is 19.2 Å². The lowest BCUT2D eigenvalue weighted by Gasteiger charge is -2.48. The second-order valence-electron chi connectivity index (χ2n) is 16.3. The second kappa shape index (κ2) is 16.2. The first-order chi connectivity index (χ1) is 24.7. The minimum Gasteiger partial charge on any atom is -0.309 e. The fourth-order valence-electron chi connectivity index (χ4n) is 8.10. The highest BCUT2D eigenvalue weighted by Gasteiger charge is 2.37. The van der Waals surface area contributed by atoms with Gasteiger partial charge in [-0.15, -0.1) is 0 Å². The Labute approximate surface area is 315 Å². The summed E-state index contributed by atoms with van der Waals surface area (Å²) in [6.45, 7) is 11.7. The van der Waals surface area contributed by atoms with Crippen LogP contribution in [0.4, 0.5) is 25.4 Å². The molecule has 0 bridgehead atoms. The summed E-state index contributed by atoms with van der Waals surface area (Å²) < 4.78 is 70.6. The lowest BCUT2D eigenvalue weighted by atomic mass is 9.83. The summed E-state index contributed by atoms with van der Waals surface area (Å²) in [5, 5.41) is 5.70. The first kappa shape index (κ1) is 40.9. The van der Waals surface area contributed by atoms with Crippen LogP contribution in [0, 0.1) is 5.82 Å². The molecular weight excluding hydrogens is 720 g/mol. The van der Waals surface area contributed by atoms with E-state index in [9.17, 15) is 26.4 Å². The topological polar surface area (TPSA) is 157 Å². The maximum atomic E-state index is 15.2. The van der Waals surface area contributed by atoms with Crippen LogP contribution in [0.25, 0.3) is 0 Å². The number of hydrogen-bond donors (Lipinski definition) is 4. The van der Waals surface area contributed by atoms with E-state index >= 15 is 4.39 Å². The number of likely N-dealkylation sites (tertiary alicyclic amines) is 1. The van der Waals surface area contributed by atoms with Gasteiger partial charge >= 0.3 is 12.1 Å². The number of amides is 4. The highest BCUT2D eigenvalue weighted by Crippen LogP contribution is 2.47. The highest BCUT2D eigenvalue weighted by atomic mass is 32.2. The van der Waals surface area contributed by atoms with Crippen molar-refractivity contribution in [3.63, 3.8) is 0 Å². The number of nitrogens with one attached hydrogen (secondary N) is 4. The Morgan fingerprint density at radius 3 is 2.15 bits per heavy atom. The SMILES string of the molecule is CC(C)c1cc(F)cc(C(C)CC2CCc3c2cc2c(c3NC(=O)NS(=O)(=O)CCN3CCC3(C)C)CCC2)c1NC(=O)NS(=O)(=O)CCCN(C)C. The fraction of sp³-hybridized carbons (Fsp3) is 0.632. The largest absolute Gasteiger partial charge is 0.332 e. The molecule has 15 heteroatoms. The van der Waals surface area contributed by atoms with E-state index in [0.29, 0.717) is 54.9 Å². The van der Waals surface area contributed by atoms with Gasteiger partial charge in [0, 0.05) is 30.0 Å². The Kier molecular flexibility index (Phi) is 12.5. The smallest absolute Gasteiger partial charge is 0.309 e. The monoisotopic (exact) mass is 776 g/mol. The molecule has 294 valence electrons. The zero-order chi connectivity index (χ0) is 38.9. The van der Waals surface area contributed by atoms with Gasteiger partial charge < -0.3 is 15.5 Å². The van der Waals surface area contributed by atoms with Crippen LogP contribution in [-0.2, 0) is 39.3 Å². The number of anilines is 2. The van der Waals surface area contributed by atoms with Gasteiger partial charge in [-0.2, -0.15) is 0 Å². The molecule has 2 aromatic carbocycles. The van der Waals surface area contributed by atoms with Crippen LogP contribution in [0.15, 0.2) is 18.2 Å². The Morgan fingerprint density at radius 1 is 0.906 bits per heavy atom. The van der Waals surface area contributed by atoms with Gasteiger partial charge in [-0.3, -0.25) is 4.90 Å². The van der Waals surface area contributed by atoms with Gasteiger partial charge in [-0.05, 0) is 149 Å². The molecule has 1 heterocycles. The number of sulfonamides is 2. The predicted molar refractivity (Wildman–Crippen MR) is 208 cm³/mol. The molecule has 0 radical (unpaired) electrons. The molecule has 4 amide bonds. The molecule has 1 saturated heterocycles. The normalized spacial score (nSPS) is 18.7. The lowest BCUT2D eigenvalue weighted by Crippen LogP contribution is -2.57. The van der Waals surface area contributed by atoms with Crippen LogP contribution in [0.2, 0.25) is 0 Å². The first-order valence-corrected chi connectivity index (χ1v) is 22.1. The molecule has 0 aromatic heterocycles. The van der Waals surface area contributed by atoms with Gasteiger partial charge in [0.1, 0.15) is 5.82 Å². The summed E-state index contributed by atoms with van der Waals surface area (Å²) in [4.78, 5) is 30.3. The number of carbonyl (C=O) groups excluding carboxylic acids is 2. The van der Waals surface area contributed by atoms with Gasteiger partial charge in [-0.25, -0.2) is 40.3 Å². The summed E-state index contributed by atoms with van der Waals surface area (Å²) in [5.74, 6) is -1.16. The van der Waals surface area contributed by atoms with E-state index in [0.717, 1.165) is 60.9 Å². The predicted octanol–water partition coefficient (Wildman–Crippen LogP) is 6.00. The Bertz CT molecular complexity index is 1930. The van der Waals surface area contributed by atoms with Crippen molar-refractivity contribution in [2.24, 2.45) is 0 Å². The molecule has 12 nitrogen and oxygen atoms in total. The van der Waals surface area contributed by atoms with Crippen molar-refractivity contribution < 1.29 is 30.8 Å². The molecule has 4 N–H and O–H groups in total. The van der Waals surface area contributed by atoms with E-state index in [1.54, 1.807) is 0 Å². The summed E-state index contributed by atoms with van der Waals surface area (Å²) in [6.07, 6.45) is 6.02. The standard InChI is InChI=1S/C38H57FN6O6S2/c1-24(2)31-22-28(39)23-32(35(31)41-37(47)42-52(48,49)18-9-15-44(6)7)25(3)20-27-12-13-30-33(27)21-26-10-8-11-29(26)34(30)40-36(46)43-53(50,51)19-17-45-16-14-38(45,4)5/h21-25,27H,8-20H2,1-7H3,(H2,40,43,46)(H2,41,42,47). The molecular formula is C38H57FN6O6S2. The number of carbonyl (C=O) groups is 2. The van der Waals surface area contributed by atoms with Crippen LogP contribution >= 0.6 is 0 Å². The zero-order valence-electron chi connectivity index (χ0n) is 32.2. The number of rotatable bonds is 15. The van der Waals surface area contributed by atoms with Crippen molar-refractivity contribution in [2.75, 3.05) is 55.9 Å². The van der Waals surface area contributed by atoms with Crippen LogP contribution in [0.1, 0.15) is 118 Å². The van der Waals surface area contributed by atoms with Crippen LogP contribution in [-0.4, -0.2) is 89.5 Å². The van der Waals surface area contributed by atoms with Crippen LogP contribution in [0.5, 0.6) is 0 Å². The summed E-state index contributed by atoms with van der Waals surface area (Å²) in [7, 11) is -4.06. The number of fused-ring (bicyclic) bond motifs is 2. The molecule has 0 saturated carbocycles. The Morgan fingerprint density at radius 2 is 1.55 bits per heavy atom. The van der Waals surface area contributed by atoms with Gasteiger partial charge in [0.15, 0.2) is 0 Å². The molecule has 1 fully saturated rings. The summed E-state index contributed by atoms with van der Waals surface area (Å²) in [6, 6.07) is 3.36. The molecule has 3 aliphatic rings. The lowest BCUT2D eigenvalue weighted by molar-refractivity contribution is 0.0225. The minimum absolute atomic E-state index is 0.0380. The van der Waals surface area contributed by atoms with Gasteiger partial charge in [-0.1, -0.05) is 26.8 Å². The fourth-order valence-corrected chi connectivity index (χ4v) is 9.94. The van der Waals surface area contributed by atoms with Crippen LogP contribution in [0.3, 0.4) is 0 Å². The zero-order valence-corrected chi connectivity index (χ0v) is 33.8. The minimum atomic E-state index is -3.89. The van der Waals surface area contributed by atoms with Crippen molar-refractivity contribution in [1.29, 1.82) is 0 Å². The second-order valence-corrected chi connectivity index (χ2v) is 19.9. The van der Waals surface area contributed by atoms with E-state index in [4.69, 9.17) is 0 Å².